The van der Waals surface area contributed by atoms with Gasteiger partial charge in [-0.1, -0.05) is 11.6 Å². The lowest BCUT2D eigenvalue weighted by Gasteiger charge is -2.36. The summed E-state index contributed by atoms with van der Waals surface area (Å²) < 4.78 is 0. The van der Waals surface area contributed by atoms with Gasteiger partial charge in [-0.3, -0.25) is 0 Å². The predicted octanol–water partition coefficient (Wildman–Crippen LogP) is 3.05. The van der Waals surface area contributed by atoms with Crippen LogP contribution in [-0.4, -0.2) is 42.0 Å². The van der Waals surface area contributed by atoms with Gasteiger partial charge in [0.25, 0.3) is 0 Å². The van der Waals surface area contributed by atoms with E-state index in [1.54, 1.807) is 11.3 Å². The number of nitrogens with two attached hydrogens (primary N) is 1. The molecule has 0 unspecified atom stereocenters. The minimum absolute atomic E-state index is 0.555. The van der Waals surface area contributed by atoms with Crippen LogP contribution in [0.2, 0.25) is 5.02 Å². The van der Waals surface area contributed by atoms with Gasteiger partial charge in [-0.25, -0.2) is 9.98 Å². The molecule has 1 fully saturated rings. The minimum Gasteiger partial charge on any atom is -0.370 e. The van der Waals surface area contributed by atoms with Crippen molar-refractivity contribution in [2.75, 3.05) is 31.1 Å². The zero-order valence-corrected chi connectivity index (χ0v) is 15.6. The van der Waals surface area contributed by atoms with Gasteiger partial charge in [-0.2, -0.15) is 0 Å². The number of halogens is 1. The van der Waals surface area contributed by atoms with E-state index in [-0.39, 0.29) is 0 Å². The topological polar surface area (TPSA) is 57.8 Å². The third-order valence-corrected chi connectivity index (χ3v) is 5.37. The van der Waals surface area contributed by atoms with Crippen LogP contribution < -0.4 is 10.6 Å². The molecule has 0 atom stereocenters. The Morgan fingerprint density at radius 3 is 2.46 bits per heavy atom. The number of piperazine rings is 1. The molecule has 1 saturated heterocycles. The van der Waals surface area contributed by atoms with E-state index in [0.717, 1.165) is 41.9 Å². The largest absolute Gasteiger partial charge is 0.370 e. The van der Waals surface area contributed by atoms with E-state index in [2.05, 4.69) is 38.8 Å². The lowest BCUT2D eigenvalue weighted by atomic mass is 10.2. The summed E-state index contributed by atoms with van der Waals surface area (Å²) in [6, 6.07) is 7.97. The Morgan fingerprint density at radius 2 is 1.88 bits per heavy atom. The number of aromatic nitrogens is 1. The third kappa shape index (κ3) is 3.99. The average molecular weight is 364 g/mol. The molecule has 0 radical (unpaired) electrons. The first kappa shape index (κ1) is 17.0. The summed E-state index contributed by atoms with van der Waals surface area (Å²) in [5.41, 5.74) is 8.40. The van der Waals surface area contributed by atoms with Gasteiger partial charge in [0.15, 0.2) is 5.96 Å². The van der Waals surface area contributed by atoms with Crippen LogP contribution in [0.1, 0.15) is 15.6 Å². The van der Waals surface area contributed by atoms with Crippen LogP contribution >= 0.6 is 22.9 Å². The maximum atomic E-state index is 6.17. The molecule has 0 bridgehead atoms. The van der Waals surface area contributed by atoms with Crippen molar-refractivity contribution in [3.63, 3.8) is 0 Å². The summed E-state index contributed by atoms with van der Waals surface area (Å²) in [5, 5.41) is 1.84. The van der Waals surface area contributed by atoms with Crippen molar-refractivity contribution in [1.82, 2.24) is 9.88 Å². The number of guanidine groups is 1. The highest BCUT2D eigenvalue weighted by atomic mass is 35.5. The van der Waals surface area contributed by atoms with Crippen LogP contribution in [0.5, 0.6) is 0 Å². The molecule has 0 saturated carbocycles. The first-order valence-corrected chi connectivity index (χ1v) is 9.20. The van der Waals surface area contributed by atoms with Gasteiger partial charge in [-0.15, -0.1) is 11.3 Å². The highest BCUT2D eigenvalue weighted by molar-refractivity contribution is 7.11. The molecular formula is C17H22ClN5S. The van der Waals surface area contributed by atoms with Gasteiger partial charge in [0.2, 0.25) is 0 Å². The number of rotatable bonds is 3. The summed E-state index contributed by atoms with van der Waals surface area (Å²) in [7, 11) is 0. The number of hydrogen-bond donors (Lipinski definition) is 1. The molecule has 7 heteroatoms. The third-order valence-electron chi connectivity index (χ3n) is 4.19. The Labute approximate surface area is 151 Å². The molecule has 1 aliphatic rings. The highest BCUT2D eigenvalue weighted by Gasteiger charge is 2.18. The summed E-state index contributed by atoms with van der Waals surface area (Å²) >= 11 is 7.65. The smallest absolute Gasteiger partial charge is 0.191 e. The first-order valence-electron chi connectivity index (χ1n) is 8.01. The highest BCUT2D eigenvalue weighted by Crippen LogP contribution is 2.20. The van der Waals surface area contributed by atoms with E-state index in [9.17, 15) is 0 Å². The number of aryl methyl sites for hydroxylation is 2. The zero-order chi connectivity index (χ0) is 17.1. The maximum Gasteiger partial charge on any atom is 0.191 e. The number of nitrogens with zero attached hydrogens (tertiary/aromatic N) is 4. The first-order chi connectivity index (χ1) is 11.5. The molecule has 2 heterocycles. The fraction of sp³-hybridized carbons (Fsp3) is 0.412. The zero-order valence-electron chi connectivity index (χ0n) is 14.0. The van der Waals surface area contributed by atoms with Crippen LogP contribution in [0, 0.1) is 13.8 Å². The van der Waals surface area contributed by atoms with E-state index >= 15 is 0 Å². The number of hydrogen-bond acceptors (Lipinski definition) is 4. The molecule has 0 spiro atoms. The molecule has 5 nitrogen and oxygen atoms in total. The molecule has 2 N–H and O–H groups in total. The second kappa shape index (κ2) is 7.40. The van der Waals surface area contributed by atoms with Crippen molar-refractivity contribution in [2.24, 2.45) is 10.7 Å². The fourth-order valence-electron chi connectivity index (χ4n) is 2.82. The predicted molar refractivity (Wildman–Crippen MR) is 102 cm³/mol. The minimum atomic E-state index is 0.555. The van der Waals surface area contributed by atoms with E-state index in [4.69, 9.17) is 17.3 Å². The molecule has 0 amide bonds. The Bertz CT molecular complexity index is 717. The van der Waals surface area contributed by atoms with Crippen LogP contribution in [-0.2, 0) is 6.54 Å². The number of anilines is 1. The summed E-state index contributed by atoms with van der Waals surface area (Å²) in [6.07, 6.45) is 0. The molecule has 128 valence electrons. The van der Waals surface area contributed by atoms with Gasteiger partial charge in [0.1, 0.15) is 0 Å². The fourth-order valence-corrected chi connectivity index (χ4v) is 3.77. The number of aliphatic imine (C=N–C) groups is 1. The van der Waals surface area contributed by atoms with E-state index in [1.165, 1.54) is 10.6 Å². The van der Waals surface area contributed by atoms with Gasteiger partial charge in [0, 0.05) is 41.8 Å². The molecule has 2 aromatic rings. The summed E-state index contributed by atoms with van der Waals surface area (Å²) in [5.74, 6) is 0.607. The molecule has 1 aromatic heterocycles. The summed E-state index contributed by atoms with van der Waals surface area (Å²) in [4.78, 5) is 14.7. The van der Waals surface area contributed by atoms with Crippen molar-refractivity contribution >= 4 is 34.6 Å². The maximum absolute atomic E-state index is 6.17. The molecule has 3 rings (SSSR count). The molecule has 1 aliphatic heterocycles. The van der Waals surface area contributed by atoms with Crippen LogP contribution in [0.4, 0.5) is 5.69 Å². The van der Waals surface area contributed by atoms with Gasteiger partial charge < -0.3 is 15.5 Å². The lowest BCUT2D eigenvalue weighted by molar-refractivity contribution is 0.380. The number of benzene rings is 1. The Morgan fingerprint density at radius 1 is 1.21 bits per heavy atom. The van der Waals surface area contributed by atoms with Gasteiger partial charge >= 0.3 is 0 Å². The van der Waals surface area contributed by atoms with E-state index in [1.807, 2.05) is 19.1 Å². The van der Waals surface area contributed by atoms with E-state index in [0.29, 0.717) is 12.5 Å². The molecule has 0 aliphatic carbocycles. The SMILES string of the molecule is Cc1nc(CN=C(N)N2CCN(c3ccc(Cl)cc3)CC2)c(C)s1. The number of thiazole rings is 1. The normalized spacial score (nSPS) is 15.9. The second-order valence-corrected chi connectivity index (χ2v) is 7.70. The standard InChI is InChI=1S/C17H22ClN5S/c1-12-16(21-13(2)24-12)11-20-17(19)23-9-7-22(8-10-23)15-5-3-14(18)4-6-15/h3-6H,7-11H2,1-2H3,(H2,19,20). The Hall–Kier alpha value is -1.79. The Balaban J connectivity index is 1.56. The second-order valence-electron chi connectivity index (χ2n) is 5.86. The average Bonchev–Trinajstić information content (AvgIpc) is 2.91. The van der Waals surface area contributed by atoms with Gasteiger partial charge in [0.05, 0.1) is 17.2 Å². The molecular weight excluding hydrogens is 342 g/mol. The van der Waals surface area contributed by atoms with Crippen molar-refractivity contribution < 1.29 is 0 Å². The van der Waals surface area contributed by atoms with Crippen molar-refractivity contribution in [3.8, 4) is 0 Å². The summed E-state index contributed by atoms with van der Waals surface area (Å²) in [6.45, 7) is 8.24. The molecule has 1 aromatic carbocycles. The van der Waals surface area contributed by atoms with Crippen molar-refractivity contribution in [1.29, 1.82) is 0 Å². The van der Waals surface area contributed by atoms with E-state index < -0.39 is 0 Å². The van der Waals surface area contributed by atoms with Crippen molar-refractivity contribution in [3.05, 3.63) is 44.9 Å². The van der Waals surface area contributed by atoms with Crippen LogP contribution in [0.15, 0.2) is 29.3 Å². The van der Waals surface area contributed by atoms with Crippen LogP contribution in [0.25, 0.3) is 0 Å². The monoisotopic (exact) mass is 363 g/mol. The van der Waals surface area contributed by atoms with Gasteiger partial charge in [-0.05, 0) is 38.1 Å². The lowest BCUT2D eigenvalue weighted by Crippen LogP contribution is -2.51. The quantitative estimate of drug-likeness (QED) is 0.672. The van der Waals surface area contributed by atoms with Crippen LogP contribution in [0.3, 0.4) is 0 Å². The Kier molecular flexibility index (Phi) is 5.26. The molecule has 24 heavy (non-hydrogen) atoms. The van der Waals surface area contributed by atoms with Crippen molar-refractivity contribution in [2.45, 2.75) is 20.4 Å².